The zero-order chi connectivity index (χ0) is 21.2. The van der Waals surface area contributed by atoms with Gasteiger partial charge < -0.3 is 19.5 Å². The molecule has 1 N–H and O–H groups in total. The van der Waals surface area contributed by atoms with Gasteiger partial charge in [0.1, 0.15) is 16.9 Å². The molecule has 1 atom stereocenters. The largest absolute Gasteiger partial charge is 0.492 e. The topological polar surface area (TPSA) is 73.9 Å². The van der Waals surface area contributed by atoms with Gasteiger partial charge in [-0.25, -0.2) is 4.79 Å². The summed E-state index contributed by atoms with van der Waals surface area (Å²) in [5, 5.41) is 2.88. The summed E-state index contributed by atoms with van der Waals surface area (Å²) < 4.78 is 16.7. The monoisotopic (exact) mass is 393 g/mol. The molecule has 0 bridgehead atoms. The fourth-order valence-electron chi connectivity index (χ4n) is 2.68. The Balaban J connectivity index is 3.07. The average Bonchev–Trinajstić information content (AvgIpc) is 2.65. The van der Waals surface area contributed by atoms with Gasteiger partial charge in [-0.05, 0) is 50.8 Å². The Morgan fingerprint density at radius 2 is 1.86 bits per heavy atom. The molecule has 1 aromatic rings. The Hall–Kier alpha value is -2.08. The molecule has 1 aromatic carbocycles. The van der Waals surface area contributed by atoms with Crippen molar-refractivity contribution in [2.24, 2.45) is 5.92 Å². The van der Waals surface area contributed by atoms with Crippen LogP contribution >= 0.6 is 0 Å². The van der Waals surface area contributed by atoms with Crippen LogP contribution in [0.1, 0.15) is 71.2 Å². The molecule has 0 spiro atoms. The minimum absolute atomic E-state index is 0.228. The third-order valence-corrected chi connectivity index (χ3v) is 4.14. The molecule has 0 radical (unpaired) electrons. The van der Waals surface area contributed by atoms with Crippen molar-refractivity contribution >= 4 is 17.6 Å². The minimum atomic E-state index is -0.915. The van der Waals surface area contributed by atoms with Crippen molar-refractivity contribution in [3.8, 4) is 5.75 Å². The number of ether oxygens (including phenoxy) is 3. The molecule has 1 amide bonds. The predicted molar refractivity (Wildman–Crippen MR) is 111 cm³/mol. The lowest BCUT2D eigenvalue weighted by molar-refractivity contribution is -0.140. The Morgan fingerprint density at radius 3 is 2.43 bits per heavy atom. The fourth-order valence-corrected chi connectivity index (χ4v) is 2.68. The van der Waals surface area contributed by atoms with Crippen molar-refractivity contribution in [1.29, 1.82) is 0 Å². The van der Waals surface area contributed by atoms with Gasteiger partial charge in [0.15, 0.2) is 0 Å². The molecular formula is C22H35NO5. The van der Waals surface area contributed by atoms with E-state index in [0.717, 1.165) is 12.8 Å². The number of esters is 1. The summed E-state index contributed by atoms with van der Waals surface area (Å²) in [5.41, 5.74) is -0.110. The lowest BCUT2D eigenvalue weighted by atomic mass is 9.98. The molecule has 0 fully saturated rings. The number of benzene rings is 1. The van der Waals surface area contributed by atoms with Crippen LogP contribution in [0.3, 0.4) is 0 Å². The van der Waals surface area contributed by atoms with Crippen LogP contribution in [0.5, 0.6) is 5.75 Å². The van der Waals surface area contributed by atoms with Crippen LogP contribution < -0.4 is 10.1 Å². The van der Waals surface area contributed by atoms with Gasteiger partial charge in [0, 0.05) is 12.3 Å². The van der Waals surface area contributed by atoms with E-state index >= 15 is 0 Å². The predicted octanol–water partition coefficient (Wildman–Crippen LogP) is 4.82. The third-order valence-electron chi connectivity index (χ3n) is 4.14. The van der Waals surface area contributed by atoms with E-state index in [0.29, 0.717) is 42.6 Å². The zero-order valence-corrected chi connectivity index (χ0v) is 18.1. The number of nitrogens with one attached hydrogen (secondary N) is 1. The molecule has 158 valence electrons. The molecule has 6 nitrogen and oxygen atoms in total. The van der Waals surface area contributed by atoms with Gasteiger partial charge in [-0.1, -0.05) is 34.1 Å². The SMILES string of the molecule is CCCOC(C)(CCC)C(=O)Nc1ccc(OCC(C)C)c(C(=O)OCC)c1. The number of carbonyl (C=O) groups excluding carboxylic acids is 2. The van der Waals surface area contributed by atoms with Crippen molar-refractivity contribution in [1.82, 2.24) is 0 Å². The quantitative estimate of drug-likeness (QED) is 0.515. The number of carbonyl (C=O) groups is 2. The second-order valence-corrected chi connectivity index (χ2v) is 7.42. The minimum Gasteiger partial charge on any atom is -0.492 e. The van der Waals surface area contributed by atoms with Gasteiger partial charge in [0.05, 0.1) is 13.2 Å². The molecule has 28 heavy (non-hydrogen) atoms. The molecule has 0 aliphatic rings. The van der Waals surface area contributed by atoms with Gasteiger partial charge in [-0.15, -0.1) is 0 Å². The summed E-state index contributed by atoms with van der Waals surface area (Å²) in [7, 11) is 0. The molecule has 0 saturated carbocycles. The van der Waals surface area contributed by atoms with Crippen LogP contribution in [0.2, 0.25) is 0 Å². The molecule has 0 aromatic heterocycles. The standard InChI is InChI=1S/C22H35NO5/c1-7-12-22(6,28-13-8-2)21(25)23-17-10-11-19(27-15-16(4)5)18(14-17)20(24)26-9-3/h10-11,14,16H,7-9,12-13,15H2,1-6H3,(H,23,25). The highest BCUT2D eigenvalue weighted by Gasteiger charge is 2.33. The highest BCUT2D eigenvalue weighted by atomic mass is 16.5. The Kier molecular flexibility index (Phi) is 10.0. The van der Waals surface area contributed by atoms with Crippen LogP contribution in [0, 0.1) is 5.92 Å². The van der Waals surface area contributed by atoms with Crippen LogP contribution in [0.4, 0.5) is 5.69 Å². The summed E-state index contributed by atoms with van der Waals surface area (Å²) in [6.45, 7) is 12.9. The Labute approximate surface area is 168 Å². The van der Waals surface area contributed by atoms with Crippen LogP contribution in [-0.2, 0) is 14.3 Å². The highest BCUT2D eigenvalue weighted by Crippen LogP contribution is 2.26. The Morgan fingerprint density at radius 1 is 1.14 bits per heavy atom. The average molecular weight is 394 g/mol. The van der Waals surface area contributed by atoms with E-state index in [1.54, 1.807) is 32.0 Å². The maximum atomic E-state index is 12.9. The first-order valence-electron chi connectivity index (χ1n) is 10.2. The Bertz CT molecular complexity index is 644. The molecule has 0 saturated heterocycles. The number of anilines is 1. The first-order valence-corrected chi connectivity index (χ1v) is 10.2. The van der Waals surface area contributed by atoms with Gasteiger partial charge in [-0.3, -0.25) is 4.79 Å². The molecule has 1 unspecified atom stereocenters. The normalized spacial score (nSPS) is 13.1. The second-order valence-electron chi connectivity index (χ2n) is 7.42. The van der Waals surface area contributed by atoms with Gasteiger partial charge in [0.25, 0.3) is 5.91 Å². The fraction of sp³-hybridized carbons (Fsp3) is 0.636. The van der Waals surface area contributed by atoms with Gasteiger partial charge >= 0.3 is 5.97 Å². The summed E-state index contributed by atoms with van der Waals surface area (Å²) in [6.07, 6.45) is 2.27. The molecule has 0 heterocycles. The van der Waals surface area contributed by atoms with E-state index in [-0.39, 0.29) is 12.5 Å². The number of amides is 1. The van der Waals surface area contributed by atoms with E-state index in [1.165, 1.54) is 0 Å². The summed E-state index contributed by atoms with van der Waals surface area (Å²) in [4.78, 5) is 25.2. The number of hydrogen-bond acceptors (Lipinski definition) is 5. The third kappa shape index (κ3) is 7.15. The van der Waals surface area contributed by atoms with Crippen LogP contribution in [-0.4, -0.2) is 37.3 Å². The molecule has 6 heteroatoms. The van der Waals surface area contributed by atoms with Crippen molar-refractivity contribution in [2.45, 2.75) is 66.4 Å². The molecule has 0 aliphatic carbocycles. The second kappa shape index (κ2) is 11.7. The van der Waals surface area contributed by atoms with Crippen LogP contribution in [0.15, 0.2) is 18.2 Å². The van der Waals surface area contributed by atoms with Crippen LogP contribution in [0.25, 0.3) is 0 Å². The maximum absolute atomic E-state index is 12.9. The number of rotatable bonds is 12. The first-order chi connectivity index (χ1) is 13.3. The summed E-state index contributed by atoms with van der Waals surface area (Å²) >= 11 is 0. The molecular weight excluding hydrogens is 358 g/mol. The van der Waals surface area contributed by atoms with E-state index in [9.17, 15) is 9.59 Å². The van der Waals surface area contributed by atoms with E-state index in [4.69, 9.17) is 14.2 Å². The maximum Gasteiger partial charge on any atom is 0.341 e. The number of hydrogen-bond donors (Lipinski definition) is 1. The van der Waals surface area contributed by atoms with E-state index < -0.39 is 11.6 Å². The van der Waals surface area contributed by atoms with Crippen molar-refractivity contribution in [2.75, 3.05) is 25.1 Å². The highest BCUT2D eigenvalue weighted by molar-refractivity contribution is 5.99. The van der Waals surface area contributed by atoms with Crippen molar-refractivity contribution in [3.63, 3.8) is 0 Å². The smallest absolute Gasteiger partial charge is 0.341 e. The van der Waals surface area contributed by atoms with E-state index in [1.807, 2.05) is 27.7 Å². The van der Waals surface area contributed by atoms with Gasteiger partial charge in [0.2, 0.25) is 0 Å². The van der Waals surface area contributed by atoms with Gasteiger partial charge in [-0.2, -0.15) is 0 Å². The lowest BCUT2D eigenvalue weighted by Crippen LogP contribution is -2.43. The zero-order valence-electron chi connectivity index (χ0n) is 18.1. The lowest BCUT2D eigenvalue weighted by Gasteiger charge is -2.28. The molecule has 0 aliphatic heterocycles. The van der Waals surface area contributed by atoms with E-state index in [2.05, 4.69) is 5.32 Å². The molecule has 1 rings (SSSR count). The van der Waals surface area contributed by atoms with Crippen molar-refractivity contribution < 1.29 is 23.8 Å². The van der Waals surface area contributed by atoms with Crippen molar-refractivity contribution in [3.05, 3.63) is 23.8 Å². The first kappa shape index (κ1) is 24.0. The summed E-state index contributed by atoms with van der Waals surface area (Å²) in [5.74, 6) is 0.0629. The summed E-state index contributed by atoms with van der Waals surface area (Å²) in [6, 6.07) is 5.01.